The van der Waals surface area contributed by atoms with Crippen LogP contribution in [0.15, 0.2) is 58.8 Å². The number of ketones is 1. The predicted molar refractivity (Wildman–Crippen MR) is 106 cm³/mol. The predicted octanol–water partition coefficient (Wildman–Crippen LogP) is 2.83. The number of hydrogen-bond donors (Lipinski definition) is 1. The molecule has 27 heavy (non-hydrogen) atoms. The van der Waals surface area contributed by atoms with E-state index in [2.05, 4.69) is 20.9 Å². The first-order valence-electron chi connectivity index (χ1n) is 8.49. The van der Waals surface area contributed by atoms with Crippen molar-refractivity contribution in [3.63, 3.8) is 0 Å². The third-order valence-corrected chi connectivity index (χ3v) is 4.94. The second kappa shape index (κ2) is 8.02. The van der Waals surface area contributed by atoms with Crippen molar-refractivity contribution in [1.29, 1.82) is 0 Å². The lowest BCUT2D eigenvalue weighted by Crippen LogP contribution is -2.35. The minimum absolute atomic E-state index is 0.100. The highest BCUT2D eigenvalue weighted by molar-refractivity contribution is 9.10. The van der Waals surface area contributed by atoms with Crippen LogP contribution >= 0.6 is 15.9 Å². The second-order valence-electron chi connectivity index (χ2n) is 6.59. The molecule has 2 heterocycles. The number of likely N-dealkylation sites (tertiary alicyclic amines) is 1. The molecule has 1 aliphatic heterocycles. The van der Waals surface area contributed by atoms with Crippen LogP contribution < -0.4 is 0 Å². The van der Waals surface area contributed by atoms with Gasteiger partial charge in [0.25, 0.3) is 11.7 Å². The standard InChI is InChI=1S/C20H20BrN3O3/c1-23(2)10-11-24-17(14-4-3-5-15(21)12-14)16(19(26)20(24)27)18(25)13-6-8-22-9-7-13/h3-9,12,17,25H,10-11H2,1-2H3/b18-16+. The van der Waals surface area contributed by atoms with Crippen LogP contribution in [0.1, 0.15) is 17.2 Å². The minimum atomic E-state index is -0.673. The molecule has 0 radical (unpaired) electrons. The zero-order valence-electron chi connectivity index (χ0n) is 15.1. The zero-order valence-corrected chi connectivity index (χ0v) is 16.7. The van der Waals surface area contributed by atoms with Gasteiger partial charge in [0, 0.05) is 35.5 Å². The number of benzene rings is 1. The molecule has 1 aliphatic rings. The van der Waals surface area contributed by atoms with Crippen LogP contribution in [0, 0.1) is 0 Å². The molecule has 0 aliphatic carbocycles. The van der Waals surface area contributed by atoms with Crippen molar-refractivity contribution >= 4 is 33.4 Å². The Bertz CT molecular complexity index is 896. The first-order valence-corrected chi connectivity index (χ1v) is 9.28. The average Bonchev–Trinajstić information content (AvgIpc) is 2.91. The molecule has 1 aromatic heterocycles. The molecular formula is C20H20BrN3O3. The Morgan fingerprint density at radius 1 is 1.22 bits per heavy atom. The molecule has 0 saturated carbocycles. The number of carbonyl (C=O) groups is 2. The normalized spacial score (nSPS) is 19.1. The molecule has 0 bridgehead atoms. The van der Waals surface area contributed by atoms with Gasteiger partial charge >= 0.3 is 0 Å². The summed E-state index contributed by atoms with van der Waals surface area (Å²) < 4.78 is 0.835. The number of likely N-dealkylation sites (N-methyl/N-ethyl adjacent to an activating group) is 1. The first kappa shape index (κ1) is 19.3. The van der Waals surface area contributed by atoms with E-state index in [0.717, 1.165) is 10.0 Å². The van der Waals surface area contributed by atoms with Gasteiger partial charge < -0.3 is 14.9 Å². The zero-order chi connectivity index (χ0) is 19.6. The molecule has 6 nitrogen and oxygen atoms in total. The number of carbonyl (C=O) groups excluding carboxylic acids is 2. The molecule has 1 N–H and O–H groups in total. The van der Waals surface area contributed by atoms with E-state index in [-0.39, 0.29) is 11.3 Å². The van der Waals surface area contributed by atoms with Crippen molar-refractivity contribution in [3.05, 3.63) is 70.0 Å². The van der Waals surface area contributed by atoms with Gasteiger partial charge in [-0.1, -0.05) is 28.1 Å². The van der Waals surface area contributed by atoms with E-state index in [9.17, 15) is 14.7 Å². The summed E-state index contributed by atoms with van der Waals surface area (Å²) >= 11 is 3.44. The maximum Gasteiger partial charge on any atom is 0.295 e. The molecule has 2 aromatic rings. The SMILES string of the molecule is CN(C)CCN1C(=O)C(=O)/C(=C(/O)c2ccncc2)C1c1cccc(Br)c1. The number of amides is 1. The third-order valence-electron chi connectivity index (χ3n) is 4.45. The fourth-order valence-corrected chi connectivity index (χ4v) is 3.52. The van der Waals surface area contributed by atoms with Gasteiger partial charge in [0.15, 0.2) is 0 Å². The number of aliphatic hydroxyl groups excluding tert-OH is 1. The number of Topliss-reactive ketones (excluding diaryl/α,β-unsaturated/α-hetero) is 1. The van der Waals surface area contributed by atoms with Gasteiger partial charge in [-0.05, 0) is 43.9 Å². The fourth-order valence-electron chi connectivity index (χ4n) is 3.11. The third kappa shape index (κ3) is 3.94. The Hall–Kier alpha value is -2.51. The van der Waals surface area contributed by atoms with Crippen LogP contribution in [0.4, 0.5) is 0 Å². The Kier molecular flexibility index (Phi) is 5.72. The van der Waals surface area contributed by atoms with Gasteiger partial charge in [-0.25, -0.2) is 0 Å². The van der Waals surface area contributed by atoms with Gasteiger partial charge in [0.05, 0.1) is 11.6 Å². The Morgan fingerprint density at radius 2 is 1.93 bits per heavy atom. The van der Waals surface area contributed by atoms with E-state index in [1.165, 1.54) is 17.3 Å². The molecule has 1 fully saturated rings. The quantitative estimate of drug-likeness (QED) is 0.449. The van der Waals surface area contributed by atoms with Crippen molar-refractivity contribution in [2.45, 2.75) is 6.04 Å². The van der Waals surface area contributed by atoms with Crippen molar-refractivity contribution in [3.8, 4) is 0 Å². The summed E-state index contributed by atoms with van der Waals surface area (Å²) in [6.07, 6.45) is 3.07. The number of rotatable bonds is 5. The lowest BCUT2D eigenvalue weighted by atomic mass is 9.95. The van der Waals surface area contributed by atoms with Crippen LogP contribution in [0.3, 0.4) is 0 Å². The molecule has 140 valence electrons. The Labute approximate surface area is 166 Å². The van der Waals surface area contributed by atoms with Crippen LogP contribution in [-0.4, -0.2) is 58.8 Å². The van der Waals surface area contributed by atoms with Gasteiger partial charge in [-0.3, -0.25) is 14.6 Å². The maximum atomic E-state index is 12.8. The van der Waals surface area contributed by atoms with Crippen molar-refractivity contribution < 1.29 is 14.7 Å². The number of pyridine rings is 1. The number of hydrogen-bond acceptors (Lipinski definition) is 5. The topological polar surface area (TPSA) is 73.7 Å². The lowest BCUT2D eigenvalue weighted by Gasteiger charge is -2.26. The molecule has 1 amide bonds. The average molecular weight is 430 g/mol. The largest absolute Gasteiger partial charge is 0.507 e. The fraction of sp³-hybridized carbons (Fsp3) is 0.250. The summed E-state index contributed by atoms with van der Waals surface area (Å²) in [5.41, 5.74) is 1.32. The Balaban J connectivity index is 2.15. The van der Waals surface area contributed by atoms with E-state index in [0.29, 0.717) is 18.7 Å². The lowest BCUT2D eigenvalue weighted by molar-refractivity contribution is -0.140. The van der Waals surface area contributed by atoms with E-state index >= 15 is 0 Å². The molecule has 1 atom stereocenters. The highest BCUT2D eigenvalue weighted by Crippen LogP contribution is 2.39. The molecule has 0 spiro atoms. The number of aromatic nitrogens is 1. The van der Waals surface area contributed by atoms with Crippen molar-refractivity contribution in [2.75, 3.05) is 27.2 Å². The number of aliphatic hydroxyl groups is 1. The molecule has 1 aromatic carbocycles. The van der Waals surface area contributed by atoms with Crippen LogP contribution in [0.25, 0.3) is 5.76 Å². The van der Waals surface area contributed by atoms with Crippen molar-refractivity contribution in [1.82, 2.24) is 14.8 Å². The number of halogens is 1. The van der Waals surface area contributed by atoms with Gasteiger partial charge in [-0.15, -0.1) is 0 Å². The Morgan fingerprint density at radius 3 is 2.56 bits per heavy atom. The molecule has 3 rings (SSSR count). The minimum Gasteiger partial charge on any atom is -0.507 e. The smallest absolute Gasteiger partial charge is 0.295 e. The van der Waals surface area contributed by atoms with Gasteiger partial charge in [-0.2, -0.15) is 0 Å². The molecule has 7 heteroatoms. The van der Waals surface area contributed by atoms with Crippen LogP contribution in [-0.2, 0) is 9.59 Å². The highest BCUT2D eigenvalue weighted by Gasteiger charge is 2.45. The van der Waals surface area contributed by atoms with Gasteiger partial charge in [0.1, 0.15) is 5.76 Å². The summed E-state index contributed by atoms with van der Waals surface area (Å²) in [7, 11) is 3.81. The monoisotopic (exact) mass is 429 g/mol. The summed E-state index contributed by atoms with van der Waals surface area (Å²) in [5.74, 6) is -1.46. The summed E-state index contributed by atoms with van der Waals surface area (Å²) in [5, 5.41) is 10.8. The molecule has 1 unspecified atom stereocenters. The van der Waals surface area contributed by atoms with E-state index < -0.39 is 17.7 Å². The van der Waals surface area contributed by atoms with E-state index in [4.69, 9.17) is 0 Å². The highest BCUT2D eigenvalue weighted by atomic mass is 79.9. The summed E-state index contributed by atoms with van der Waals surface area (Å²) in [6.45, 7) is 0.981. The number of nitrogens with zero attached hydrogens (tertiary/aromatic N) is 3. The van der Waals surface area contributed by atoms with Gasteiger partial charge in [0.2, 0.25) is 0 Å². The van der Waals surface area contributed by atoms with E-state index in [1.807, 2.05) is 43.3 Å². The van der Waals surface area contributed by atoms with Crippen LogP contribution in [0.5, 0.6) is 0 Å². The first-order chi connectivity index (χ1) is 12.9. The van der Waals surface area contributed by atoms with Crippen molar-refractivity contribution in [2.24, 2.45) is 0 Å². The summed E-state index contributed by atoms with van der Waals surface area (Å²) in [6, 6.07) is 10.0. The van der Waals surface area contributed by atoms with Crippen LogP contribution in [0.2, 0.25) is 0 Å². The van der Waals surface area contributed by atoms with E-state index in [1.54, 1.807) is 12.1 Å². The summed E-state index contributed by atoms with van der Waals surface area (Å²) in [4.78, 5) is 32.9. The molecule has 1 saturated heterocycles. The second-order valence-corrected chi connectivity index (χ2v) is 7.50. The molecular weight excluding hydrogens is 410 g/mol. The maximum absolute atomic E-state index is 12.8.